The Morgan fingerprint density at radius 2 is 2.26 bits per heavy atom. The summed E-state index contributed by atoms with van der Waals surface area (Å²) in [5, 5.41) is 9.85. The molecule has 0 bridgehead atoms. The second-order valence-electron chi connectivity index (χ2n) is 6.25. The molecule has 3 heterocycles. The highest BCUT2D eigenvalue weighted by molar-refractivity contribution is 5.92. The lowest BCUT2D eigenvalue weighted by Gasteiger charge is -2.22. The quantitative estimate of drug-likeness (QED) is 0.868. The fraction of sp³-hybridized carbons (Fsp3) is 0.500. The van der Waals surface area contributed by atoms with E-state index in [0.29, 0.717) is 25.8 Å². The summed E-state index contributed by atoms with van der Waals surface area (Å²) in [6.07, 6.45) is 3.23. The molecule has 0 radical (unpaired) electrons. The lowest BCUT2D eigenvalue weighted by Crippen LogP contribution is -2.51. The summed E-state index contributed by atoms with van der Waals surface area (Å²) in [4.78, 5) is 28.5. The number of amides is 2. The van der Waals surface area contributed by atoms with Gasteiger partial charge < -0.3 is 10.6 Å². The second-order valence-corrected chi connectivity index (χ2v) is 6.25. The molecule has 7 nitrogen and oxygen atoms in total. The summed E-state index contributed by atoms with van der Waals surface area (Å²) in [5.41, 5.74) is 2.95. The number of aryl methyl sites for hydroxylation is 2. The summed E-state index contributed by atoms with van der Waals surface area (Å²) in [6, 6.07) is 1.86. The maximum atomic E-state index is 12.2. The summed E-state index contributed by atoms with van der Waals surface area (Å²) in [5.74, 6) is -0.234. The minimum atomic E-state index is -0.786. The molecule has 1 aliphatic rings. The van der Waals surface area contributed by atoms with E-state index in [4.69, 9.17) is 0 Å². The molecule has 1 atom stereocenters. The van der Waals surface area contributed by atoms with Gasteiger partial charge >= 0.3 is 0 Å². The van der Waals surface area contributed by atoms with E-state index in [0.717, 1.165) is 22.6 Å². The lowest BCUT2D eigenvalue weighted by atomic mass is 9.99. The van der Waals surface area contributed by atoms with Crippen LogP contribution in [0.5, 0.6) is 0 Å². The van der Waals surface area contributed by atoms with Crippen molar-refractivity contribution in [1.29, 1.82) is 0 Å². The number of aromatic nitrogens is 3. The molecule has 2 N–H and O–H groups in total. The summed E-state index contributed by atoms with van der Waals surface area (Å²) >= 11 is 0. The van der Waals surface area contributed by atoms with E-state index >= 15 is 0 Å². The standard InChI is InChI=1S/C16H21N5O2/c1-10-12(11(2)21-13(19-10)6-8-18-21)4-5-14(22)20-16(3)7-9-17-15(16)23/h6,8H,4-5,7,9H2,1-3H3,(H,17,23)(H,20,22). The van der Waals surface area contributed by atoms with Gasteiger partial charge in [-0.25, -0.2) is 9.50 Å². The molecule has 0 aliphatic carbocycles. The number of carbonyl (C=O) groups excluding carboxylic acids is 2. The van der Waals surface area contributed by atoms with Gasteiger partial charge in [-0.05, 0) is 39.2 Å². The third-order valence-electron chi connectivity index (χ3n) is 4.53. The van der Waals surface area contributed by atoms with E-state index in [-0.39, 0.29) is 11.8 Å². The van der Waals surface area contributed by atoms with Crippen LogP contribution in [0.1, 0.15) is 36.7 Å². The van der Waals surface area contributed by atoms with Gasteiger partial charge in [0.1, 0.15) is 5.54 Å². The van der Waals surface area contributed by atoms with Gasteiger partial charge in [0.2, 0.25) is 11.8 Å². The molecule has 2 amide bonds. The Bertz CT molecular complexity index is 782. The Morgan fingerprint density at radius 3 is 2.96 bits per heavy atom. The van der Waals surface area contributed by atoms with Gasteiger partial charge in [-0.1, -0.05) is 0 Å². The van der Waals surface area contributed by atoms with Crippen molar-refractivity contribution < 1.29 is 9.59 Å². The van der Waals surface area contributed by atoms with Crippen molar-refractivity contribution in [3.05, 3.63) is 29.2 Å². The first-order valence-electron chi connectivity index (χ1n) is 7.80. The van der Waals surface area contributed by atoms with E-state index < -0.39 is 5.54 Å². The molecular weight excluding hydrogens is 294 g/mol. The third-order valence-corrected chi connectivity index (χ3v) is 4.53. The smallest absolute Gasteiger partial charge is 0.245 e. The zero-order valence-corrected chi connectivity index (χ0v) is 13.6. The van der Waals surface area contributed by atoms with E-state index in [1.54, 1.807) is 17.6 Å². The minimum absolute atomic E-state index is 0.113. The van der Waals surface area contributed by atoms with Crippen molar-refractivity contribution in [2.24, 2.45) is 0 Å². The Labute approximate surface area is 134 Å². The van der Waals surface area contributed by atoms with E-state index in [1.165, 1.54) is 0 Å². The van der Waals surface area contributed by atoms with Crippen molar-refractivity contribution in [1.82, 2.24) is 25.2 Å². The Hall–Kier alpha value is -2.44. The van der Waals surface area contributed by atoms with Crippen LogP contribution in [0.4, 0.5) is 0 Å². The number of fused-ring (bicyclic) bond motifs is 1. The topological polar surface area (TPSA) is 88.4 Å². The number of nitrogens with one attached hydrogen (secondary N) is 2. The van der Waals surface area contributed by atoms with Crippen LogP contribution in [0.15, 0.2) is 12.3 Å². The van der Waals surface area contributed by atoms with Crippen molar-refractivity contribution in [3.8, 4) is 0 Å². The first-order chi connectivity index (χ1) is 10.9. The highest BCUT2D eigenvalue weighted by Gasteiger charge is 2.38. The summed E-state index contributed by atoms with van der Waals surface area (Å²) in [6.45, 7) is 6.29. The largest absolute Gasteiger partial charge is 0.354 e. The fourth-order valence-corrected chi connectivity index (χ4v) is 3.09. The monoisotopic (exact) mass is 315 g/mol. The predicted molar refractivity (Wildman–Crippen MR) is 85.0 cm³/mol. The van der Waals surface area contributed by atoms with Gasteiger partial charge in [-0.3, -0.25) is 9.59 Å². The zero-order chi connectivity index (χ0) is 16.6. The maximum Gasteiger partial charge on any atom is 0.245 e. The van der Waals surface area contributed by atoms with Gasteiger partial charge in [0.15, 0.2) is 5.65 Å². The molecule has 1 unspecified atom stereocenters. The number of nitrogens with zero attached hydrogens (tertiary/aromatic N) is 3. The van der Waals surface area contributed by atoms with Crippen LogP contribution < -0.4 is 10.6 Å². The molecule has 122 valence electrons. The van der Waals surface area contributed by atoms with Gasteiger partial charge in [-0.2, -0.15) is 5.10 Å². The van der Waals surface area contributed by atoms with Gasteiger partial charge in [-0.15, -0.1) is 0 Å². The van der Waals surface area contributed by atoms with Gasteiger partial charge in [0.25, 0.3) is 0 Å². The second kappa shape index (κ2) is 5.64. The molecule has 0 aromatic carbocycles. The van der Waals surface area contributed by atoms with Crippen molar-refractivity contribution >= 4 is 17.5 Å². The zero-order valence-electron chi connectivity index (χ0n) is 13.6. The molecule has 2 aromatic rings. The van der Waals surface area contributed by atoms with Crippen LogP contribution in [-0.2, 0) is 16.0 Å². The van der Waals surface area contributed by atoms with Crippen molar-refractivity contribution in [2.45, 2.75) is 45.6 Å². The number of rotatable bonds is 4. The van der Waals surface area contributed by atoms with E-state index in [9.17, 15) is 9.59 Å². The number of carbonyl (C=O) groups is 2. The highest BCUT2D eigenvalue weighted by atomic mass is 16.2. The Kier molecular flexibility index (Phi) is 3.79. The molecule has 1 saturated heterocycles. The number of hydrogen-bond acceptors (Lipinski definition) is 4. The van der Waals surface area contributed by atoms with E-state index in [1.807, 2.05) is 19.9 Å². The summed E-state index contributed by atoms with van der Waals surface area (Å²) in [7, 11) is 0. The molecule has 0 saturated carbocycles. The van der Waals surface area contributed by atoms with Crippen LogP contribution in [0, 0.1) is 13.8 Å². The van der Waals surface area contributed by atoms with Gasteiger partial charge in [0.05, 0.1) is 6.20 Å². The molecular formula is C16H21N5O2. The van der Waals surface area contributed by atoms with Crippen LogP contribution >= 0.6 is 0 Å². The maximum absolute atomic E-state index is 12.2. The van der Waals surface area contributed by atoms with Crippen molar-refractivity contribution in [3.63, 3.8) is 0 Å². The minimum Gasteiger partial charge on any atom is -0.354 e. The molecule has 2 aromatic heterocycles. The van der Waals surface area contributed by atoms with Crippen molar-refractivity contribution in [2.75, 3.05) is 6.54 Å². The molecule has 1 aliphatic heterocycles. The normalized spacial score (nSPS) is 20.7. The average molecular weight is 315 g/mol. The highest BCUT2D eigenvalue weighted by Crippen LogP contribution is 2.18. The third kappa shape index (κ3) is 2.78. The van der Waals surface area contributed by atoms with Gasteiger partial charge in [0, 0.05) is 30.4 Å². The first kappa shape index (κ1) is 15.5. The number of hydrogen-bond donors (Lipinski definition) is 2. The van der Waals surface area contributed by atoms with E-state index in [2.05, 4.69) is 20.7 Å². The Balaban J connectivity index is 1.71. The van der Waals surface area contributed by atoms with Crippen LogP contribution in [0.2, 0.25) is 0 Å². The fourth-order valence-electron chi connectivity index (χ4n) is 3.09. The molecule has 3 rings (SSSR count). The van der Waals surface area contributed by atoms with Crippen LogP contribution in [0.25, 0.3) is 5.65 Å². The predicted octanol–water partition coefficient (Wildman–Crippen LogP) is 0.674. The molecule has 7 heteroatoms. The first-order valence-corrected chi connectivity index (χ1v) is 7.80. The molecule has 23 heavy (non-hydrogen) atoms. The molecule has 0 spiro atoms. The van der Waals surface area contributed by atoms with Crippen LogP contribution in [-0.4, -0.2) is 38.5 Å². The van der Waals surface area contributed by atoms with Crippen LogP contribution in [0.3, 0.4) is 0 Å². The summed E-state index contributed by atoms with van der Waals surface area (Å²) < 4.78 is 1.78. The Morgan fingerprint density at radius 1 is 1.48 bits per heavy atom. The lowest BCUT2D eigenvalue weighted by molar-refractivity contribution is -0.130. The SMILES string of the molecule is Cc1nc2ccnn2c(C)c1CCC(=O)NC1(C)CCNC1=O. The average Bonchev–Trinajstić information content (AvgIpc) is 3.06. The molecule has 1 fully saturated rings.